The number of H-pyrrole nitrogens is 1. The van der Waals surface area contributed by atoms with Crippen LogP contribution in [0.15, 0.2) is 0 Å². The lowest BCUT2D eigenvalue weighted by Crippen LogP contribution is -2.41. The summed E-state index contributed by atoms with van der Waals surface area (Å²) in [5.74, 6) is -0.744. The summed E-state index contributed by atoms with van der Waals surface area (Å²) < 4.78 is 37.7. The molecule has 1 aromatic rings. The first-order valence-corrected chi connectivity index (χ1v) is 6.42. The van der Waals surface area contributed by atoms with E-state index in [1.165, 1.54) is 0 Å². The van der Waals surface area contributed by atoms with Crippen molar-refractivity contribution in [2.75, 3.05) is 12.3 Å². The average molecular weight is 290 g/mol. The molecular formula is C12H17F3N4O. The Hall–Kier alpha value is -1.73. The molecule has 8 heteroatoms. The van der Waals surface area contributed by atoms with Gasteiger partial charge in [0.2, 0.25) is 0 Å². The number of aromatic amines is 1. The van der Waals surface area contributed by atoms with Crippen molar-refractivity contribution in [3.63, 3.8) is 0 Å². The third-order valence-corrected chi connectivity index (χ3v) is 3.21. The summed E-state index contributed by atoms with van der Waals surface area (Å²) in [5.41, 5.74) is 6.39. The van der Waals surface area contributed by atoms with Crippen molar-refractivity contribution in [2.24, 2.45) is 0 Å². The van der Waals surface area contributed by atoms with Gasteiger partial charge in [-0.1, -0.05) is 13.8 Å². The summed E-state index contributed by atoms with van der Waals surface area (Å²) in [4.78, 5) is 13.0. The van der Waals surface area contributed by atoms with Crippen LogP contribution in [-0.4, -0.2) is 39.8 Å². The summed E-state index contributed by atoms with van der Waals surface area (Å²) in [6.07, 6.45) is -3.25. The van der Waals surface area contributed by atoms with Crippen molar-refractivity contribution in [3.05, 3.63) is 11.4 Å². The van der Waals surface area contributed by atoms with Gasteiger partial charge in [-0.2, -0.15) is 18.3 Å². The molecular weight excluding hydrogens is 273 g/mol. The van der Waals surface area contributed by atoms with Crippen LogP contribution in [0, 0.1) is 0 Å². The molecule has 20 heavy (non-hydrogen) atoms. The Kier molecular flexibility index (Phi) is 3.66. The van der Waals surface area contributed by atoms with Crippen molar-refractivity contribution < 1.29 is 18.0 Å². The molecule has 1 heterocycles. The zero-order valence-electron chi connectivity index (χ0n) is 11.3. The predicted octanol–water partition coefficient (Wildman–Crippen LogP) is 2.28. The van der Waals surface area contributed by atoms with Crippen LogP contribution >= 0.6 is 0 Å². The Morgan fingerprint density at radius 3 is 2.50 bits per heavy atom. The van der Waals surface area contributed by atoms with E-state index in [0.29, 0.717) is 18.5 Å². The number of aromatic nitrogens is 2. The number of nitrogens with two attached hydrogens (primary N) is 1. The molecule has 3 N–H and O–H groups in total. The highest BCUT2D eigenvalue weighted by Gasteiger charge is 2.42. The monoisotopic (exact) mass is 290 g/mol. The number of nitrogen functional groups attached to an aromatic ring is 1. The molecule has 1 fully saturated rings. The first-order valence-electron chi connectivity index (χ1n) is 6.42. The number of carbonyl (C=O) groups excluding carboxylic acids is 1. The second-order valence-electron chi connectivity index (χ2n) is 5.33. The molecule has 112 valence electrons. The van der Waals surface area contributed by atoms with Crippen LogP contribution in [0.25, 0.3) is 0 Å². The number of nitrogens with one attached hydrogen (secondary N) is 1. The molecule has 0 radical (unpaired) electrons. The second-order valence-corrected chi connectivity index (χ2v) is 5.33. The SMILES string of the molecule is CC(C)c1[nH]nc(C(=O)N(CC(F)(F)F)C2CC2)c1N. The van der Waals surface area contributed by atoms with Crippen LogP contribution in [0.5, 0.6) is 0 Å². The van der Waals surface area contributed by atoms with E-state index in [-0.39, 0.29) is 23.3 Å². The topological polar surface area (TPSA) is 75.0 Å². The van der Waals surface area contributed by atoms with Gasteiger partial charge in [0.15, 0.2) is 5.69 Å². The van der Waals surface area contributed by atoms with Crippen molar-refractivity contribution >= 4 is 11.6 Å². The number of hydrogen-bond acceptors (Lipinski definition) is 3. The van der Waals surface area contributed by atoms with Gasteiger partial charge in [0.25, 0.3) is 5.91 Å². The molecule has 0 bridgehead atoms. The highest BCUT2D eigenvalue weighted by Crippen LogP contribution is 2.32. The molecule has 0 aromatic carbocycles. The highest BCUT2D eigenvalue weighted by molar-refractivity contribution is 5.98. The summed E-state index contributed by atoms with van der Waals surface area (Å²) >= 11 is 0. The number of alkyl halides is 3. The van der Waals surface area contributed by atoms with Crippen molar-refractivity contribution in [3.8, 4) is 0 Å². The molecule has 1 saturated carbocycles. The fourth-order valence-corrected chi connectivity index (χ4v) is 2.05. The van der Waals surface area contributed by atoms with Crippen molar-refractivity contribution in [1.29, 1.82) is 0 Å². The van der Waals surface area contributed by atoms with Crippen LogP contribution in [0.2, 0.25) is 0 Å². The Bertz CT molecular complexity index is 505. The lowest BCUT2D eigenvalue weighted by atomic mass is 10.1. The summed E-state index contributed by atoms with van der Waals surface area (Å²) in [7, 11) is 0. The van der Waals surface area contributed by atoms with Crippen molar-refractivity contribution in [2.45, 2.75) is 44.8 Å². The molecule has 1 aromatic heterocycles. The lowest BCUT2D eigenvalue weighted by molar-refractivity contribution is -0.141. The van der Waals surface area contributed by atoms with E-state index < -0.39 is 18.6 Å². The van der Waals surface area contributed by atoms with Crippen LogP contribution in [0.1, 0.15) is 48.8 Å². The van der Waals surface area contributed by atoms with E-state index in [0.717, 1.165) is 4.90 Å². The molecule has 1 aliphatic rings. The Morgan fingerprint density at radius 1 is 1.50 bits per heavy atom. The zero-order valence-corrected chi connectivity index (χ0v) is 11.3. The predicted molar refractivity (Wildman–Crippen MR) is 67.2 cm³/mol. The van der Waals surface area contributed by atoms with Crippen LogP contribution in [0.4, 0.5) is 18.9 Å². The Labute approximate surface area is 114 Å². The van der Waals surface area contributed by atoms with Crippen LogP contribution < -0.4 is 5.73 Å². The maximum absolute atomic E-state index is 12.6. The maximum Gasteiger partial charge on any atom is 0.406 e. The fraction of sp³-hybridized carbons (Fsp3) is 0.667. The number of anilines is 1. The number of halogens is 3. The molecule has 0 saturated heterocycles. The minimum absolute atomic E-state index is 0.0149. The minimum Gasteiger partial charge on any atom is -0.395 e. The van der Waals surface area contributed by atoms with Gasteiger partial charge in [-0.3, -0.25) is 9.89 Å². The molecule has 0 atom stereocenters. The number of hydrogen-bond donors (Lipinski definition) is 2. The Morgan fingerprint density at radius 2 is 2.10 bits per heavy atom. The van der Waals surface area contributed by atoms with Gasteiger partial charge in [0, 0.05) is 6.04 Å². The number of rotatable bonds is 4. The van der Waals surface area contributed by atoms with Gasteiger partial charge in [-0.15, -0.1) is 0 Å². The normalized spacial score (nSPS) is 15.7. The van der Waals surface area contributed by atoms with Crippen molar-refractivity contribution in [1.82, 2.24) is 15.1 Å². The van der Waals surface area contributed by atoms with E-state index in [4.69, 9.17) is 5.73 Å². The van der Waals surface area contributed by atoms with Crippen LogP contribution in [0.3, 0.4) is 0 Å². The van der Waals surface area contributed by atoms with Gasteiger partial charge >= 0.3 is 6.18 Å². The van der Waals surface area contributed by atoms with E-state index in [1.54, 1.807) is 0 Å². The third-order valence-electron chi connectivity index (χ3n) is 3.21. The van der Waals surface area contributed by atoms with Gasteiger partial charge < -0.3 is 10.6 Å². The first kappa shape index (κ1) is 14.7. The van der Waals surface area contributed by atoms with E-state index in [2.05, 4.69) is 10.2 Å². The van der Waals surface area contributed by atoms with Crippen LogP contribution in [-0.2, 0) is 0 Å². The number of carbonyl (C=O) groups is 1. The first-order chi connectivity index (χ1) is 9.20. The van der Waals surface area contributed by atoms with Gasteiger partial charge in [0.05, 0.1) is 11.4 Å². The summed E-state index contributed by atoms with van der Waals surface area (Å²) in [6.45, 7) is 2.44. The molecule has 1 aliphatic carbocycles. The summed E-state index contributed by atoms with van der Waals surface area (Å²) in [6, 6.07) is -0.359. The number of nitrogens with zero attached hydrogens (tertiary/aromatic N) is 2. The minimum atomic E-state index is -4.43. The smallest absolute Gasteiger partial charge is 0.395 e. The van der Waals surface area contributed by atoms with Gasteiger partial charge in [0.1, 0.15) is 6.54 Å². The highest BCUT2D eigenvalue weighted by atomic mass is 19.4. The quantitative estimate of drug-likeness (QED) is 0.893. The van der Waals surface area contributed by atoms with E-state index >= 15 is 0 Å². The molecule has 2 rings (SSSR count). The van der Waals surface area contributed by atoms with Gasteiger partial charge in [-0.25, -0.2) is 0 Å². The standard InChI is InChI=1S/C12H17F3N4O/c1-6(2)9-8(16)10(18-17-9)11(20)19(7-3-4-7)5-12(13,14)15/h6-7H,3-5,16H2,1-2H3,(H,17,18). The van der Waals surface area contributed by atoms with E-state index in [1.807, 2.05) is 13.8 Å². The average Bonchev–Trinajstić information content (AvgIpc) is 3.07. The molecule has 0 spiro atoms. The van der Waals surface area contributed by atoms with Gasteiger partial charge in [-0.05, 0) is 18.8 Å². The fourth-order valence-electron chi connectivity index (χ4n) is 2.05. The Balaban J connectivity index is 2.24. The number of amides is 1. The largest absolute Gasteiger partial charge is 0.406 e. The lowest BCUT2D eigenvalue weighted by Gasteiger charge is -2.23. The third kappa shape index (κ3) is 3.05. The molecule has 1 amide bonds. The summed E-state index contributed by atoms with van der Waals surface area (Å²) in [5, 5.41) is 6.42. The molecule has 0 unspecified atom stereocenters. The molecule has 5 nitrogen and oxygen atoms in total. The molecule has 0 aliphatic heterocycles. The second kappa shape index (κ2) is 4.99. The maximum atomic E-state index is 12.6. The zero-order chi connectivity index (χ0) is 15.1. The van der Waals surface area contributed by atoms with E-state index in [9.17, 15) is 18.0 Å².